The van der Waals surface area contributed by atoms with Crippen molar-refractivity contribution in [2.75, 3.05) is 11.9 Å². The van der Waals surface area contributed by atoms with Crippen LogP contribution in [0.4, 0.5) is 5.69 Å². The normalized spacial score (nSPS) is 10.6. The van der Waals surface area contributed by atoms with Crippen LogP contribution in [0.2, 0.25) is 0 Å². The molecule has 1 heterocycles. The standard InChI is InChI=1S/C19H18N2OS2/c1-14-20-16(12-23-14)13-24-18-10-8-15(9-11-18)19(22)21(2)17-6-4-3-5-7-17/h3-12H,13H2,1-2H3. The van der Waals surface area contributed by atoms with E-state index in [0.29, 0.717) is 5.56 Å². The van der Waals surface area contributed by atoms with Crippen LogP contribution in [0, 0.1) is 6.92 Å². The number of rotatable bonds is 5. The van der Waals surface area contributed by atoms with E-state index in [-0.39, 0.29) is 5.91 Å². The highest BCUT2D eigenvalue weighted by molar-refractivity contribution is 7.98. The second kappa shape index (κ2) is 7.64. The maximum atomic E-state index is 12.5. The molecule has 2 aromatic carbocycles. The number of anilines is 1. The molecular weight excluding hydrogens is 336 g/mol. The fourth-order valence-electron chi connectivity index (χ4n) is 2.29. The summed E-state index contributed by atoms with van der Waals surface area (Å²) in [6.07, 6.45) is 0. The molecule has 1 aromatic heterocycles. The molecule has 0 saturated heterocycles. The average Bonchev–Trinajstić information content (AvgIpc) is 3.05. The van der Waals surface area contributed by atoms with Gasteiger partial charge in [0.2, 0.25) is 0 Å². The zero-order chi connectivity index (χ0) is 16.9. The van der Waals surface area contributed by atoms with Crippen molar-refractivity contribution in [3.05, 3.63) is 76.2 Å². The molecule has 0 unspecified atom stereocenters. The third-order valence-electron chi connectivity index (χ3n) is 3.60. The fourth-order valence-corrected chi connectivity index (χ4v) is 3.80. The first-order valence-corrected chi connectivity index (χ1v) is 9.47. The minimum atomic E-state index is -0.00660. The molecule has 0 aliphatic carbocycles. The van der Waals surface area contributed by atoms with Crippen LogP contribution >= 0.6 is 23.1 Å². The molecule has 24 heavy (non-hydrogen) atoms. The Bertz CT molecular complexity index is 813. The molecule has 0 fully saturated rings. The van der Waals surface area contributed by atoms with Crippen LogP contribution in [-0.4, -0.2) is 17.9 Å². The molecule has 0 bridgehead atoms. The Labute approximate surface area is 150 Å². The van der Waals surface area contributed by atoms with Gasteiger partial charge in [0.15, 0.2) is 0 Å². The van der Waals surface area contributed by atoms with Gasteiger partial charge in [-0.15, -0.1) is 23.1 Å². The van der Waals surface area contributed by atoms with E-state index in [2.05, 4.69) is 10.4 Å². The molecule has 3 nitrogen and oxygen atoms in total. The molecule has 3 aromatic rings. The summed E-state index contributed by atoms with van der Waals surface area (Å²) in [6, 6.07) is 17.4. The molecular formula is C19H18N2OS2. The Balaban J connectivity index is 1.64. The zero-order valence-corrected chi connectivity index (χ0v) is 15.2. The second-order valence-corrected chi connectivity index (χ2v) is 7.48. The van der Waals surface area contributed by atoms with E-state index < -0.39 is 0 Å². The maximum Gasteiger partial charge on any atom is 0.258 e. The summed E-state index contributed by atoms with van der Waals surface area (Å²) in [6.45, 7) is 2.02. The van der Waals surface area contributed by atoms with Crippen molar-refractivity contribution in [3.8, 4) is 0 Å². The lowest BCUT2D eigenvalue weighted by Gasteiger charge is -2.17. The number of carbonyl (C=O) groups is 1. The largest absolute Gasteiger partial charge is 0.311 e. The molecule has 5 heteroatoms. The molecule has 122 valence electrons. The van der Waals surface area contributed by atoms with Crippen molar-refractivity contribution in [2.24, 2.45) is 0 Å². The van der Waals surface area contributed by atoms with E-state index in [1.54, 1.807) is 35.0 Å². The lowest BCUT2D eigenvalue weighted by atomic mass is 10.2. The van der Waals surface area contributed by atoms with E-state index in [9.17, 15) is 4.79 Å². The molecule has 0 aliphatic rings. The number of hydrogen-bond acceptors (Lipinski definition) is 4. The summed E-state index contributed by atoms with van der Waals surface area (Å²) in [7, 11) is 1.80. The maximum absolute atomic E-state index is 12.5. The van der Waals surface area contributed by atoms with E-state index in [1.165, 1.54) is 0 Å². The van der Waals surface area contributed by atoms with Crippen LogP contribution in [0.25, 0.3) is 0 Å². The topological polar surface area (TPSA) is 33.2 Å². The number of nitrogens with zero attached hydrogens (tertiary/aromatic N) is 2. The van der Waals surface area contributed by atoms with Crippen LogP contribution in [0.1, 0.15) is 21.1 Å². The molecule has 0 spiro atoms. The number of carbonyl (C=O) groups excluding carboxylic acids is 1. The average molecular weight is 354 g/mol. The molecule has 1 amide bonds. The van der Waals surface area contributed by atoms with Gasteiger partial charge in [-0.25, -0.2) is 4.98 Å². The third-order valence-corrected chi connectivity index (χ3v) is 5.47. The van der Waals surface area contributed by atoms with Gasteiger partial charge < -0.3 is 4.90 Å². The summed E-state index contributed by atoms with van der Waals surface area (Å²) in [5, 5.41) is 3.19. The lowest BCUT2D eigenvalue weighted by molar-refractivity contribution is 0.0993. The van der Waals surface area contributed by atoms with Crippen molar-refractivity contribution in [3.63, 3.8) is 0 Å². The fraction of sp³-hybridized carbons (Fsp3) is 0.158. The third kappa shape index (κ3) is 4.04. The first-order valence-electron chi connectivity index (χ1n) is 7.60. The van der Waals surface area contributed by atoms with Crippen molar-refractivity contribution >= 4 is 34.7 Å². The van der Waals surface area contributed by atoms with Crippen LogP contribution < -0.4 is 4.90 Å². The number of thiazole rings is 1. The zero-order valence-electron chi connectivity index (χ0n) is 13.6. The Morgan fingerprint density at radius 3 is 2.46 bits per heavy atom. The highest BCUT2D eigenvalue weighted by Crippen LogP contribution is 2.24. The first-order chi connectivity index (χ1) is 11.6. The van der Waals surface area contributed by atoms with Gasteiger partial charge in [0.1, 0.15) is 0 Å². The minimum absolute atomic E-state index is 0.00660. The monoisotopic (exact) mass is 354 g/mol. The highest BCUT2D eigenvalue weighted by Gasteiger charge is 2.13. The van der Waals surface area contributed by atoms with Gasteiger partial charge in [-0.3, -0.25) is 4.79 Å². The summed E-state index contributed by atoms with van der Waals surface area (Å²) < 4.78 is 0. The van der Waals surface area contributed by atoms with Gasteiger partial charge in [-0.1, -0.05) is 18.2 Å². The summed E-state index contributed by atoms with van der Waals surface area (Å²) in [5.41, 5.74) is 2.68. The van der Waals surface area contributed by atoms with Crippen LogP contribution in [0.15, 0.2) is 64.9 Å². The number of thioether (sulfide) groups is 1. The molecule has 0 saturated carbocycles. The van der Waals surface area contributed by atoms with Crippen LogP contribution in [0.3, 0.4) is 0 Å². The Hall–Kier alpha value is -2.11. The number of aryl methyl sites for hydroxylation is 1. The van der Waals surface area contributed by atoms with Crippen LogP contribution in [0.5, 0.6) is 0 Å². The van der Waals surface area contributed by atoms with E-state index in [0.717, 1.165) is 27.0 Å². The van der Waals surface area contributed by atoms with Gasteiger partial charge in [-0.2, -0.15) is 0 Å². The van der Waals surface area contributed by atoms with Crippen LogP contribution in [-0.2, 0) is 5.75 Å². The van der Waals surface area contributed by atoms with Crippen molar-refractivity contribution in [2.45, 2.75) is 17.6 Å². The number of para-hydroxylation sites is 1. The van der Waals surface area contributed by atoms with Crippen molar-refractivity contribution in [1.82, 2.24) is 4.98 Å². The summed E-state index contributed by atoms with van der Waals surface area (Å²) >= 11 is 3.40. The second-order valence-electron chi connectivity index (χ2n) is 5.37. The Morgan fingerprint density at radius 1 is 1.12 bits per heavy atom. The minimum Gasteiger partial charge on any atom is -0.311 e. The quantitative estimate of drug-likeness (QED) is 0.603. The van der Waals surface area contributed by atoms with E-state index in [1.807, 2.05) is 61.5 Å². The molecule has 0 N–H and O–H groups in total. The molecule has 0 atom stereocenters. The molecule has 3 rings (SSSR count). The summed E-state index contributed by atoms with van der Waals surface area (Å²) in [5.74, 6) is 0.842. The Kier molecular flexibility index (Phi) is 5.33. The summed E-state index contributed by atoms with van der Waals surface area (Å²) in [4.78, 5) is 19.8. The highest BCUT2D eigenvalue weighted by atomic mass is 32.2. The first kappa shape index (κ1) is 16.7. The number of aromatic nitrogens is 1. The van der Waals surface area contributed by atoms with E-state index >= 15 is 0 Å². The number of hydrogen-bond donors (Lipinski definition) is 0. The van der Waals surface area contributed by atoms with Gasteiger partial charge in [-0.05, 0) is 43.3 Å². The van der Waals surface area contributed by atoms with Gasteiger partial charge >= 0.3 is 0 Å². The molecule has 0 aliphatic heterocycles. The van der Waals surface area contributed by atoms with Gasteiger partial charge in [0, 0.05) is 34.3 Å². The van der Waals surface area contributed by atoms with Crippen molar-refractivity contribution < 1.29 is 4.79 Å². The SMILES string of the molecule is Cc1nc(CSc2ccc(C(=O)N(C)c3ccccc3)cc2)cs1. The van der Waals surface area contributed by atoms with Gasteiger partial charge in [0.25, 0.3) is 5.91 Å². The smallest absolute Gasteiger partial charge is 0.258 e. The Morgan fingerprint density at radius 2 is 1.83 bits per heavy atom. The van der Waals surface area contributed by atoms with Gasteiger partial charge in [0.05, 0.1) is 10.7 Å². The molecule has 0 radical (unpaired) electrons. The number of amides is 1. The van der Waals surface area contributed by atoms with E-state index in [4.69, 9.17) is 0 Å². The number of benzene rings is 2. The predicted molar refractivity (Wildman–Crippen MR) is 102 cm³/mol. The predicted octanol–water partition coefficient (Wildman–Crippen LogP) is 5.02. The van der Waals surface area contributed by atoms with Crippen molar-refractivity contribution in [1.29, 1.82) is 0 Å². The lowest BCUT2D eigenvalue weighted by Crippen LogP contribution is -2.25.